The van der Waals surface area contributed by atoms with E-state index in [4.69, 9.17) is 4.74 Å². The van der Waals surface area contributed by atoms with Gasteiger partial charge in [-0.2, -0.15) is 0 Å². The number of aromatic nitrogens is 3. The number of nitrogens with zero attached hydrogens (tertiary/aromatic N) is 5. The Morgan fingerprint density at radius 3 is 2.45 bits per heavy atom. The van der Waals surface area contributed by atoms with Crippen LogP contribution in [0.1, 0.15) is 25.5 Å². The van der Waals surface area contributed by atoms with Gasteiger partial charge in [0.2, 0.25) is 18.0 Å². The molecule has 0 spiro atoms. The third-order valence-corrected chi connectivity index (χ3v) is 10.8. The average molecular weight is 774 g/mol. The van der Waals surface area contributed by atoms with Crippen molar-refractivity contribution >= 4 is 71.5 Å². The second-order valence-electron chi connectivity index (χ2n) is 11.5. The molecule has 4 heterocycles. The molecule has 3 aliphatic heterocycles. The summed E-state index contributed by atoms with van der Waals surface area (Å²) in [5.74, 6) is -6.35. The summed E-state index contributed by atoms with van der Waals surface area (Å²) < 4.78 is 6.01. The highest BCUT2D eigenvalue weighted by Crippen LogP contribution is 2.46. The smallest absolute Gasteiger partial charge is 0.352 e. The number of carbonyl (C=O) groups excluding carboxylic acids is 7. The molecule has 1 aromatic heterocycles. The fraction of sp³-hybridized carbons (Fsp3) is 0.367. The summed E-state index contributed by atoms with van der Waals surface area (Å²) in [6.07, 6.45) is 0.132. The minimum atomic E-state index is -2.22. The number of carboxylic acid groups (broad SMARTS) is 1. The highest BCUT2D eigenvalue weighted by Gasteiger charge is 2.66. The molecule has 0 saturated carbocycles. The van der Waals surface area contributed by atoms with E-state index < -0.39 is 75.5 Å². The van der Waals surface area contributed by atoms with E-state index in [0.29, 0.717) is 4.90 Å². The van der Waals surface area contributed by atoms with Gasteiger partial charge in [-0.1, -0.05) is 23.9 Å². The number of H-pyrrole nitrogens is 1. The minimum Gasteiger partial charge on any atom is -0.477 e. The standard InChI is InChI=1S/C30H31N9O12S2/c1-4-37-9-10-38(24(46)23(37)45)28(50)32-18(15-5-7-17(8-6-15)51-14(2)41)20(42)33-30(31-13-40)26(49)39-19(25(47)48)16(11-52-27(30)39)12-53-29-35-34-21(43)22(44)36(29)3/h5-8,13,18,27H,4,9-12H2,1-3H3,(H,31,40)(H,32,50)(H,33,42)(H,34,43)(H,47,48)/t18?,27-,30-/m1/s1. The molecule has 53 heavy (non-hydrogen) atoms. The first-order chi connectivity index (χ1) is 25.1. The molecule has 0 radical (unpaired) electrons. The fourth-order valence-electron chi connectivity index (χ4n) is 5.68. The van der Waals surface area contributed by atoms with Crippen molar-refractivity contribution in [2.75, 3.05) is 31.1 Å². The Morgan fingerprint density at radius 1 is 1.13 bits per heavy atom. The molecule has 0 bridgehead atoms. The maximum absolute atomic E-state index is 14.1. The van der Waals surface area contributed by atoms with Crippen molar-refractivity contribution in [2.24, 2.45) is 7.05 Å². The number of hydrogen-bond acceptors (Lipinski definition) is 14. The van der Waals surface area contributed by atoms with Gasteiger partial charge in [-0.3, -0.25) is 52.7 Å². The van der Waals surface area contributed by atoms with Crippen molar-refractivity contribution in [1.29, 1.82) is 0 Å². The van der Waals surface area contributed by atoms with Crippen LogP contribution in [-0.2, 0) is 40.6 Å². The predicted molar refractivity (Wildman–Crippen MR) is 182 cm³/mol. The summed E-state index contributed by atoms with van der Waals surface area (Å²) in [5, 5.41) is 22.0. The van der Waals surface area contributed by atoms with Crippen LogP contribution in [0, 0.1) is 0 Å². The zero-order chi connectivity index (χ0) is 38.8. The fourth-order valence-corrected chi connectivity index (χ4v) is 8.17. The van der Waals surface area contributed by atoms with Crippen molar-refractivity contribution in [3.8, 4) is 5.75 Å². The number of benzene rings is 1. The quantitative estimate of drug-likeness (QED) is 0.0282. The molecule has 5 rings (SSSR count). The molecule has 7 amide bonds. The lowest BCUT2D eigenvalue weighted by atomic mass is 9.94. The predicted octanol–water partition coefficient (Wildman–Crippen LogP) is -2.56. The van der Waals surface area contributed by atoms with Gasteiger partial charge < -0.3 is 30.7 Å². The van der Waals surface area contributed by atoms with Crippen molar-refractivity contribution in [2.45, 2.75) is 36.1 Å². The molecule has 0 aliphatic carbocycles. The van der Waals surface area contributed by atoms with Crippen molar-refractivity contribution in [3.05, 3.63) is 61.8 Å². The summed E-state index contributed by atoms with van der Waals surface area (Å²) in [6, 6.07) is 2.46. The van der Waals surface area contributed by atoms with E-state index in [0.717, 1.165) is 33.0 Å². The molecule has 1 aromatic carbocycles. The molecule has 2 fully saturated rings. The lowest BCUT2D eigenvalue weighted by Crippen LogP contribution is -2.85. The average Bonchev–Trinajstić information content (AvgIpc) is 3.12. The summed E-state index contributed by atoms with van der Waals surface area (Å²) in [7, 11) is 1.31. The van der Waals surface area contributed by atoms with Gasteiger partial charge in [0, 0.05) is 45.1 Å². The van der Waals surface area contributed by atoms with Gasteiger partial charge in [-0.05, 0) is 30.2 Å². The van der Waals surface area contributed by atoms with E-state index in [1.807, 2.05) is 0 Å². The molecule has 5 N–H and O–H groups in total. The SMILES string of the molecule is CCN1CCN(C(=O)NC(C(=O)N[C@]2(NC=O)C(=O)N3C(C(=O)O)=C(CSc4n[nH]c(=O)c(=O)n4C)CS[C@@H]32)c2ccc(OC(C)=O)cc2)C(=O)C1=O. The number of fused-ring (bicyclic) bond motifs is 1. The van der Waals surface area contributed by atoms with Crippen molar-refractivity contribution in [3.63, 3.8) is 0 Å². The molecular formula is C30H31N9O12S2. The maximum atomic E-state index is 14.1. The van der Waals surface area contributed by atoms with Crippen molar-refractivity contribution in [1.82, 2.24) is 45.4 Å². The van der Waals surface area contributed by atoms with Gasteiger partial charge in [-0.25, -0.2) is 14.7 Å². The zero-order valence-electron chi connectivity index (χ0n) is 28.1. The van der Waals surface area contributed by atoms with E-state index in [1.165, 1.54) is 43.1 Å². The molecule has 23 heteroatoms. The molecule has 2 saturated heterocycles. The molecular weight excluding hydrogens is 743 g/mol. The molecule has 280 valence electrons. The number of imide groups is 1. The van der Waals surface area contributed by atoms with E-state index >= 15 is 0 Å². The van der Waals surface area contributed by atoms with Gasteiger partial charge >= 0.3 is 40.9 Å². The van der Waals surface area contributed by atoms with Gasteiger partial charge in [0.25, 0.3) is 5.91 Å². The van der Waals surface area contributed by atoms with Crippen LogP contribution in [0.2, 0.25) is 0 Å². The topological polar surface area (TPSA) is 280 Å². The normalized spacial score (nSPS) is 20.2. The third kappa shape index (κ3) is 7.24. The first-order valence-corrected chi connectivity index (χ1v) is 17.6. The van der Waals surface area contributed by atoms with E-state index in [-0.39, 0.29) is 59.6 Å². The van der Waals surface area contributed by atoms with Gasteiger partial charge in [-0.15, -0.1) is 16.9 Å². The van der Waals surface area contributed by atoms with Crippen LogP contribution in [0.25, 0.3) is 0 Å². The number of aromatic amines is 1. The monoisotopic (exact) mass is 773 g/mol. The number of β-lactam (4-membered cyclic amide) rings is 1. The Morgan fingerprint density at radius 2 is 1.83 bits per heavy atom. The lowest BCUT2D eigenvalue weighted by Gasteiger charge is -2.56. The Labute approximate surface area is 306 Å². The number of likely N-dealkylation sites (N-methyl/N-ethyl adjacent to an activating group) is 1. The van der Waals surface area contributed by atoms with Crippen LogP contribution < -0.4 is 31.8 Å². The van der Waals surface area contributed by atoms with Gasteiger partial charge in [0.1, 0.15) is 22.9 Å². The summed E-state index contributed by atoms with van der Waals surface area (Å²) in [5.41, 5.74) is -4.21. The molecule has 21 nitrogen and oxygen atoms in total. The van der Waals surface area contributed by atoms with E-state index in [2.05, 4.69) is 26.1 Å². The largest absolute Gasteiger partial charge is 0.477 e. The number of thioether (sulfide) groups is 2. The number of esters is 1. The molecule has 3 aliphatic rings. The number of nitrogens with one attached hydrogen (secondary N) is 4. The van der Waals surface area contributed by atoms with E-state index in [9.17, 15) is 53.1 Å². The van der Waals surface area contributed by atoms with Crippen LogP contribution in [-0.4, -0.2) is 125 Å². The zero-order valence-corrected chi connectivity index (χ0v) is 29.7. The lowest BCUT2D eigenvalue weighted by molar-refractivity contribution is -0.163. The van der Waals surface area contributed by atoms with Gasteiger partial charge in [0.15, 0.2) is 5.16 Å². The number of rotatable bonds is 12. The number of piperazine rings is 1. The summed E-state index contributed by atoms with van der Waals surface area (Å²) in [4.78, 5) is 129. The number of ether oxygens (including phenoxy) is 1. The van der Waals surface area contributed by atoms with Crippen LogP contribution in [0.4, 0.5) is 4.79 Å². The van der Waals surface area contributed by atoms with Crippen molar-refractivity contribution < 1.29 is 48.2 Å². The van der Waals surface area contributed by atoms with Crippen LogP contribution in [0.15, 0.2) is 50.3 Å². The van der Waals surface area contributed by atoms with Crippen LogP contribution in [0.3, 0.4) is 0 Å². The number of urea groups is 1. The number of carbonyl (C=O) groups is 8. The minimum absolute atomic E-state index is 0.0316. The molecule has 3 atom stereocenters. The summed E-state index contributed by atoms with van der Waals surface area (Å²) >= 11 is 1.91. The third-order valence-electron chi connectivity index (χ3n) is 8.32. The Kier molecular flexibility index (Phi) is 11.1. The highest BCUT2D eigenvalue weighted by molar-refractivity contribution is 8.01. The summed E-state index contributed by atoms with van der Waals surface area (Å²) in [6.45, 7) is 2.90. The second kappa shape index (κ2) is 15.3. The van der Waals surface area contributed by atoms with E-state index in [1.54, 1.807) is 6.92 Å². The molecule has 1 unspecified atom stereocenters. The maximum Gasteiger partial charge on any atom is 0.352 e. The van der Waals surface area contributed by atoms with Crippen LogP contribution in [0.5, 0.6) is 5.75 Å². The number of carboxylic acids is 1. The first kappa shape index (κ1) is 38.3. The highest BCUT2D eigenvalue weighted by atomic mass is 32.2. The molecule has 2 aromatic rings. The first-order valence-electron chi connectivity index (χ1n) is 15.6. The Balaban J connectivity index is 1.43. The second-order valence-corrected chi connectivity index (χ2v) is 13.5. The van der Waals surface area contributed by atoms with Crippen LogP contribution >= 0.6 is 23.5 Å². The number of amides is 7. The van der Waals surface area contributed by atoms with Gasteiger partial charge in [0.05, 0.1) is 0 Å². The number of aliphatic carboxylic acids is 1. The number of hydrogen-bond donors (Lipinski definition) is 5. The Hall–Kier alpha value is -5.97. The Bertz CT molecular complexity index is 2070.